The van der Waals surface area contributed by atoms with Crippen LogP contribution in [-0.2, 0) is 17.1 Å². The van der Waals surface area contributed by atoms with Gasteiger partial charge in [0.1, 0.15) is 5.59 Å². The zero-order valence-corrected chi connectivity index (χ0v) is 62.4. The van der Waals surface area contributed by atoms with Crippen molar-refractivity contribution < 1.29 is 46.8 Å². The molecular formula is C81H87FeNO7Tl. The second kappa shape index (κ2) is 33.1. The zero-order valence-electron chi connectivity index (χ0n) is 56.8. The van der Waals surface area contributed by atoms with Gasteiger partial charge in [0.15, 0.2) is 0 Å². The first-order valence-corrected chi connectivity index (χ1v) is 30.7. The summed E-state index contributed by atoms with van der Waals surface area (Å²) in [6.45, 7) is 39.0. The van der Waals surface area contributed by atoms with Gasteiger partial charge in [-0.3, -0.25) is 0 Å². The average Bonchev–Trinajstić information content (AvgIpc) is 0.854. The molecule has 0 saturated heterocycles. The first-order valence-electron chi connectivity index (χ1n) is 30.7. The molecule has 1 saturated carbocycles. The molecule has 0 atom stereocenters. The van der Waals surface area contributed by atoms with Gasteiger partial charge >= 0.3 is 44.4 Å². The van der Waals surface area contributed by atoms with Crippen molar-refractivity contribution in [3.05, 3.63) is 249 Å². The summed E-state index contributed by atoms with van der Waals surface area (Å²) in [4.78, 5) is 44.0. The molecule has 1 fully saturated rings. The van der Waals surface area contributed by atoms with E-state index in [9.17, 15) is 29.7 Å². The summed E-state index contributed by atoms with van der Waals surface area (Å²) >= 11 is 0. The molecule has 0 aliphatic heterocycles. The Balaban J connectivity index is 0.000000271. The number of hydrogen-bond donors (Lipinski definition) is 0. The Bertz CT molecular complexity index is 3390. The molecule has 0 heterocycles. The Labute approximate surface area is 572 Å². The van der Waals surface area contributed by atoms with Gasteiger partial charge < -0.3 is 29.7 Å². The normalized spacial score (nSPS) is 11.4. The third-order valence-electron chi connectivity index (χ3n) is 17.1. The van der Waals surface area contributed by atoms with Crippen LogP contribution < -0.4 is 20.9 Å². The maximum Gasteiger partial charge on any atom is 2.00 e. The van der Waals surface area contributed by atoms with E-state index in [1.165, 1.54) is 59.1 Å². The van der Waals surface area contributed by atoms with E-state index in [1.807, 2.05) is 138 Å². The van der Waals surface area contributed by atoms with Gasteiger partial charge in [0.05, 0.1) is 17.9 Å². The Hall–Kier alpha value is -7.57. The van der Waals surface area contributed by atoms with Crippen LogP contribution in [0.5, 0.6) is 0 Å². The average molecular weight is 1450 g/mol. The molecule has 0 bridgehead atoms. The predicted molar refractivity (Wildman–Crippen MR) is 369 cm³/mol. The Morgan fingerprint density at radius 3 is 0.538 bits per heavy atom. The summed E-state index contributed by atoms with van der Waals surface area (Å²) < 4.78 is 0. The van der Waals surface area contributed by atoms with E-state index in [0.717, 1.165) is 139 Å². The molecule has 0 spiro atoms. The van der Waals surface area contributed by atoms with Gasteiger partial charge in [-0.15, -0.1) is 4.91 Å². The van der Waals surface area contributed by atoms with Gasteiger partial charge in [-0.25, -0.2) is 0 Å². The first-order chi connectivity index (χ1) is 42.0. The van der Waals surface area contributed by atoms with E-state index in [0.29, 0.717) is 0 Å². The van der Waals surface area contributed by atoms with E-state index in [4.69, 9.17) is 10.5 Å². The molecule has 9 aromatic carbocycles. The van der Waals surface area contributed by atoms with Crippen LogP contribution in [-0.4, -0.2) is 45.2 Å². The van der Waals surface area contributed by atoms with E-state index < -0.39 is 17.9 Å². The van der Waals surface area contributed by atoms with E-state index >= 15 is 0 Å². The summed E-state index contributed by atoms with van der Waals surface area (Å²) in [5.74, 6) is -2.37. The van der Waals surface area contributed by atoms with Crippen LogP contribution in [0.4, 0.5) is 0 Å². The third-order valence-corrected chi connectivity index (χ3v) is 17.1. The third kappa shape index (κ3) is 17.7. The van der Waals surface area contributed by atoms with Crippen LogP contribution in [0.15, 0.2) is 127 Å². The van der Waals surface area contributed by atoms with E-state index in [2.05, 4.69) is 121 Å². The summed E-state index contributed by atoms with van der Waals surface area (Å²) in [5, 5.41) is 36.8. The van der Waals surface area contributed by atoms with Crippen molar-refractivity contribution in [3.63, 3.8) is 0 Å². The smallest absolute Gasteiger partial charge is 0.545 e. The van der Waals surface area contributed by atoms with Crippen LogP contribution >= 0.6 is 0 Å². The van der Waals surface area contributed by atoms with Crippen LogP contribution in [0, 0.1) is 135 Å². The summed E-state index contributed by atoms with van der Waals surface area (Å²) in [7, 11) is 0. The van der Waals surface area contributed by atoms with Gasteiger partial charge in [0, 0.05) is 16.7 Å². The predicted octanol–water partition coefficient (Wildman–Crippen LogP) is 17.1. The Kier molecular flexibility index (Phi) is 27.6. The van der Waals surface area contributed by atoms with Gasteiger partial charge in [0.25, 0.3) is 0 Å². The van der Waals surface area contributed by atoms with Crippen LogP contribution in [0.3, 0.4) is 0 Å². The number of benzene rings is 9. The van der Waals surface area contributed by atoms with Crippen LogP contribution in [0.1, 0.15) is 164 Å². The molecule has 10 heteroatoms. The fourth-order valence-electron chi connectivity index (χ4n) is 14.3. The van der Waals surface area contributed by atoms with Gasteiger partial charge in [-0.05, 0) is 264 Å². The minimum Gasteiger partial charge on any atom is -0.545 e. The molecule has 1 aliphatic rings. The zero-order chi connectivity index (χ0) is 66.0. The molecule has 1 aliphatic carbocycles. The molecule has 1 radical (unpaired) electrons. The van der Waals surface area contributed by atoms with Crippen molar-refractivity contribution >= 4 is 45.2 Å². The number of carboxylic acids is 3. The SMILES string of the molecule is CC1CCCC1.Cc1cc(C)c(-c2cccc(-c3c(C)cc(C)cc3C)c2C(=O)[O-])c(C)c1.Cc1cc(C)c(-c2cccc(-c3c(C)cc(C)cc3C)c2C(=O)[O-])c(C)c1.Cc1cc(C)c(-c2cccc(-c3c(C)cc(C)cc3C)c2C(=O)[O-])c(C)c1.[Fe+2].[N]=O.[Tl+]. The number of carbonyl (C=O) groups is 3. The number of carboxylic acid groups (broad SMARTS) is 3. The first kappa shape index (κ1) is 75.9. The molecule has 91 heavy (non-hydrogen) atoms. The standard InChI is InChI=1S/3C25H26O2.C6H12.Fe.NO.Tl/c3*1-14-10-16(3)22(17(4)11-14)20-8-7-9-21(24(20)25(26)27)23-18(5)12-15(2)13-19(23)6;1-6-4-2-3-5-6;;1-2;/h3*7-13H,1-6H3,(H,26,27);6H,2-5H2,1H3;;;/q;;;;+2;;+1/p-3. The van der Waals surface area contributed by atoms with Crippen molar-refractivity contribution in [1.82, 2.24) is 5.59 Å². The fraction of sp³-hybridized carbons (Fsp3) is 0.296. The maximum atomic E-state index is 12.3. The summed E-state index contributed by atoms with van der Waals surface area (Å²) in [6.07, 6.45) is 5.95. The van der Waals surface area contributed by atoms with Gasteiger partial charge in [0.2, 0.25) is 0 Å². The molecule has 9 aromatic rings. The summed E-state index contributed by atoms with van der Waals surface area (Å²) in [6, 6.07) is 42.3. The Morgan fingerprint density at radius 2 is 0.440 bits per heavy atom. The largest absolute Gasteiger partial charge is 2.00 e. The quantitative estimate of drug-likeness (QED) is 0.130. The monoisotopic (exact) mass is 1450 g/mol. The Morgan fingerprint density at radius 1 is 0.308 bits per heavy atom. The van der Waals surface area contributed by atoms with E-state index in [-0.39, 0.29) is 61.1 Å². The number of nitroso groups, excluding NO2 is 1. The second-order valence-electron chi connectivity index (χ2n) is 25.1. The molecule has 469 valence electrons. The van der Waals surface area contributed by atoms with Crippen molar-refractivity contribution in [2.75, 3.05) is 0 Å². The molecule has 0 aromatic heterocycles. The molecule has 0 amide bonds. The molecule has 0 N–H and O–H groups in total. The number of hydrogen-bond acceptors (Lipinski definition) is 7. The van der Waals surface area contributed by atoms with Crippen molar-refractivity contribution in [3.8, 4) is 66.8 Å². The van der Waals surface area contributed by atoms with Crippen molar-refractivity contribution in [1.29, 1.82) is 0 Å². The number of nitrogens with zero attached hydrogens (tertiary/aromatic N) is 1. The van der Waals surface area contributed by atoms with Crippen molar-refractivity contribution in [2.45, 2.75) is 157 Å². The second-order valence-corrected chi connectivity index (χ2v) is 25.1. The number of aromatic carboxylic acids is 3. The summed E-state index contributed by atoms with van der Waals surface area (Å²) in [5.41, 5.74) is 36.7. The van der Waals surface area contributed by atoms with Crippen LogP contribution in [0.25, 0.3) is 66.8 Å². The van der Waals surface area contributed by atoms with E-state index in [1.54, 1.807) is 0 Å². The van der Waals surface area contributed by atoms with Crippen molar-refractivity contribution in [2.24, 2.45) is 5.92 Å². The minimum atomic E-state index is -1.14. The molecule has 8 nitrogen and oxygen atoms in total. The topological polar surface area (TPSA) is 160 Å². The molecule has 10 rings (SSSR count). The fourth-order valence-corrected chi connectivity index (χ4v) is 14.3. The van der Waals surface area contributed by atoms with Gasteiger partial charge in [-0.2, -0.15) is 0 Å². The number of aryl methyl sites for hydroxylation is 18. The molecular weight excluding hydrogens is 1360 g/mol. The van der Waals surface area contributed by atoms with Gasteiger partial charge in [-0.1, -0.05) is 193 Å². The number of rotatable bonds is 9. The molecule has 0 unspecified atom stereocenters. The number of carbonyl (C=O) groups excluding carboxylic acids is 3. The maximum absolute atomic E-state index is 12.3. The van der Waals surface area contributed by atoms with Crippen LogP contribution in [0.2, 0.25) is 0 Å². The minimum absolute atomic E-state index is 0.